The van der Waals surface area contributed by atoms with Crippen molar-refractivity contribution in [2.75, 3.05) is 19.8 Å². The highest BCUT2D eigenvalue weighted by atomic mass is 16.5. The van der Waals surface area contributed by atoms with Gasteiger partial charge >= 0.3 is 0 Å². The number of carbonyl (C=O) groups excluding carboxylic acids is 1. The van der Waals surface area contributed by atoms with E-state index in [1.165, 1.54) is 0 Å². The largest absolute Gasteiger partial charge is 0.393 e. The molecule has 1 aliphatic heterocycles. The van der Waals surface area contributed by atoms with Gasteiger partial charge in [-0.15, -0.1) is 0 Å². The van der Waals surface area contributed by atoms with E-state index in [-0.39, 0.29) is 12.0 Å². The van der Waals surface area contributed by atoms with Crippen molar-refractivity contribution in [2.24, 2.45) is 5.41 Å². The van der Waals surface area contributed by atoms with Crippen LogP contribution in [0.5, 0.6) is 0 Å². The Labute approximate surface area is 102 Å². The summed E-state index contributed by atoms with van der Waals surface area (Å²) in [4.78, 5) is 11.9. The maximum absolute atomic E-state index is 11.9. The monoisotopic (exact) mass is 240 g/mol. The maximum Gasteiger partial charge on any atom is 0.240 e. The van der Waals surface area contributed by atoms with Crippen molar-refractivity contribution in [1.29, 1.82) is 5.26 Å². The number of aliphatic hydroxyl groups is 1. The van der Waals surface area contributed by atoms with Gasteiger partial charge in [0.1, 0.15) is 5.41 Å². The van der Waals surface area contributed by atoms with Crippen molar-refractivity contribution in [3.05, 3.63) is 0 Å². The SMILES string of the molecule is CC(O)CCCNC(=O)C1(C#N)CCOCC1. The quantitative estimate of drug-likeness (QED) is 0.689. The van der Waals surface area contributed by atoms with Gasteiger partial charge in [0.15, 0.2) is 0 Å². The van der Waals surface area contributed by atoms with Crippen LogP contribution in [0.2, 0.25) is 0 Å². The lowest BCUT2D eigenvalue weighted by Crippen LogP contribution is -2.44. The predicted octanol–water partition coefficient (Wildman–Crippen LogP) is 0.584. The zero-order valence-electron chi connectivity index (χ0n) is 10.2. The maximum atomic E-state index is 11.9. The second-order valence-electron chi connectivity index (χ2n) is 4.55. The number of rotatable bonds is 5. The summed E-state index contributed by atoms with van der Waals surface area (Å²) in [5.74, 6) is -0.200. The van der Waals surface area contributed by atoms with Gasteiger partial charge in [0, 0.05) is 19.8 Å². The van der Waals surface area contributed by atoms with E-state index in [1.54, 1.807) is 6.92 Å². The third-order valence-corrected chi connectivity index (χ3v) is 3.08. The lowest BCUT2D eigenvalue weighted by molar-refractivity contribution is -0.132. The number of hydrogen-bond acceptors (Lipinski definition) is 4. The van der Waals surface area contributed by atoms with Crippen molar-refractivity contribution in [3.63, 3.8) is 0 Å². The molecule has 1 saturated heterocycles. The van der Waals surface area contributed by atoms with E-state index in [0.717, 1.165) is 6.42 Å². The van der Waals surface area contributed by atoms with Gasteiger partial charge < -0.3 is 15.2 Å². The molecule has 0 radical (unpaired) electrons. The minimum absolute atomic E-state index is 0.200. The Balaban J connectivity index is 2.37. The molecule has 0 saturated carbocycles. The molecule has 96 valence electrons. The van der Waals surface area contributed by atoms with Gasteiger partial charge in [-0.2, -0.15) is 5.26 Å². The van der Waals surface area contributed by atoms with Crippen LogP contribution in [-0.2, 0) is 9.53 Å². The van der Waals surface area contributed by atoms with Gasteiger partial charge in [-0.3, -0.25) is 4.79 Å². The van der Waals surface area contributed by atoms with Crippen LogP contribution in [0, 0.1) is 16.7 Å². The summed E-state index contributed by atoms with van der Waals surface area (Å²) in [5, 5.41) is 21.0. The number of nitrogens with one attached hydrogen (secondary N) is 1. The number of amides is 1. The molecular formula is C12H20N2O3. The Kier molecular flexibility index (Phi) is 5.39. The van der Waals surface area contributed by atoms with E-state index in [4.69, 9.17) is 15.1 Å². The molecule has 17 heavy (non-hydrogen) atoms. The smallest absolute Gasteiger partial charge is 0.240 e. The molecule has 0 aromatic carbocycles. The van der Waals surface area contributed by atoms with Crippen LogP contribution >= 0.6 is 0 Å². The molecule has 1 aliphatic rings. The molecule has 0 aromatic rings. The summed E-state index contributed by atoms with van der Waals surface area (Å²) in [6, 6.07) is 2.13. The van der Waals surface area contributed by atoms with Gasteiger partial charge in [0.05, 0.1) is 12.2 Å². The summed E-state index contributed by atoms with van der Waals surface area (Å²) >= 11 is 0. The third kappa shape index (κ3) is 3.99. The summed E-state index contributed by atoms with van der Waals surface area (Å²) < 4.78 is 5.17. The number of aliphatic hydroxyl groups excluding tert-OH is 1. The first-order chi connectivity index (χ1) is 8.10. The van der Waals surface area contributed by atoms with Gasteiger partial charge in [0.25, 0.3) is 0 Å². The van der Waals surface area contributed by atoms with Crippen molar-refractivity contribution in [3.8, 4) is 6.07 Å². The van der Waals surface area contributed by atoms with Crippen LogP contribution < -0.4 is 5.32 Å². The number of nitriles is 1. The molecule has 0 spiro atoms. The number of hydrogen-bond donors (Lipinski definition) is 2. The van der Waals surface area contributed by atoms with Crippen molar-refractivity contribution >= 4 is 5.91 Å². The highest BCUT2D eigenvalue weighted by molar-refractivity contribution is 5.85. The molecule has 1 amide bonds. The van der Waals surface area contributed by atoms with Crippen LogP contribution in [0.3, 0.4) is 0 Å². The Morgan fingerprint density at radius 2 is 2.24 bits per heavy atom. The van der Waals surface area contributed by atoms with E-state index in [2.05, 4.69) is 11.4 Å². The number of ether oxygens (including phenoxy) is 1. The summed E-state index contributed by atoms with van der Waals surface area (Å²) in [5.41, 5.74) is -0.914. The topological polar surface area (TPSA) is 82.4 Å². The average molecular weight is 240 g/mol. The van der Waals surface area contributed by atoms with Gasteiger partial charge in [-0.05, 0) is 32.6 Å². The second kappa shape index (κ2) is 6.58. The molecule has 0 aliphatic carbocycles. The third-order valence-electron chi connectivity index (χ3n) is 3.08. The Hall–Kier alpha value is -1.12. The zero-order chi connectivity index (χ0) is 12.7. The van der Waals surface area contributed by atoms with Crippen LogP contribution in [0.25, 0.3) is 0 Å². The molecule has 1 heterocycles. The molecule has 1 rings (SSSR count). The standard InChI is InChI=1S/C12H20N2O3/c1-10(15)3-2-6-14-11(16)12(9-13)4-7-17-8-5-12/h10,15H,2-8H2,1H3,(H,14,16). The first-order valence-electron chi connectivity index (χ1n) is 6.06. The fourth-order valence-electron chi connectivity index (χ4n) is 1.88. The molecule has 0 bridgehead atoms. The Morgan fingerprint density at radius 1 is 1.59 bits per heavy atom. The van der Waals surface area contributed by atoms with Gasteiger partial charge in [-0.25, -0.2) is 0 Å². The highest BCUT2D eigenvalue weighted by Crippen LogP contribution is 2.29. The fourth-order valence-corrected chi connectivity index (χ4v) is 1.88. The van der Waals surface area contributed by atoms with E-state index in [1.807, 2.05) is 0 Å². The van der Waals surface area contributed by atoms with Crippen molar-refractivity contribution in [2.45, 2.75) is 38.7 Å². The Bertz CT molecular complexity index is 291. The summed E-state index contributed by atoms with van der Waals surface area (Å²) in [6.07, 6.45) is 1.96. The number of nitrogens with zero attached hydrogens (tertiary/aromatic N) is 1. The van der Waals surface area contributed by atoms with Gasteiger partial charge in [0.2, 0.25) is 5.91 Å². The first kappa shape index (κ1) is 13.9. The van der Waals surface area contributed by atoms with Crippen molar-refractivity contribution < 1.29 is 14.6 Å². The van der Waals surface area contributed by atoms with E-state index in [0.29, 0.717) is 39.0 Å². The molecule has 2 N–H and O–H groups in total. The normalized spacial score (nSPS) is 20.3. The minimum atomic E-state index is -0.914. The van der Waals surface area contributed by atoms with Crippen LogP contribution in [0.1, 0.15) is 32.6 Å². The average Bonchev–Trinajstić information content (AvgIpc) is 2.35. The lowest BCUT2D eigenvalue weighted by Gasteiger charge is -2.29. The van der Waals surface area contributed by atoms with E-state index in [9.17, 15) is 4.79 Å². The lowest BCUT2D eigenvalue weighted by atomic mass is 9.81. The number of carbonyl (C=O) groups is 1. The van der Waals surface area contributed by atoms with Crippen molar-refractivity contribution in [1.82, 2.24) is 5.32 Å². The molecular weight excluding hydrogens is 220 g/mol. The molecule has 5 nitrogen and oxygen atoms in total. The van der Waals surface area contributed by atoms with E-state index >= 15 is 0 Å². The predicted molar refractivity (Wildman–Crippen MR) is 62.0 cm³/mol. The molecule has 1 unspecified atom stereocenters. The minimum Gasteiger partial charge on any atom is -0.393 e. The molecule has 1 fully saturated rings. The van der Waals surface area contributed by atoms with Crippen LogP contribution in [0.15, 0.2) is 0 Å². The van der Waals surface area contributed by atoms with E-state index < -0.39 is 5.41 Å². The zero-order valence-corrected chi connectivity index (χ0v) is 10.2. The fraction of sp³-hybridized carbons (Fsp3) is 0.833. The molecule has 1 atom stereocenters. The Morgan fingerprint density at radius 3 is 2.76 bits per heavy atom. The summed E-state index contributed by atoms with van der Waals surface area (Å²) in [6.45, 7) is 3.16. The molecule has 0 aromatic heterocycles. The second-order valence-corrected chi connectivity index (χ2v) is 4.55. The summed E-state index contributed by atoms with van der Waals surface area (Å²) in [7, 11) is 0. The first-order valence-corrected chi connectivity index (χ1v) is 6.06. The molecule has 5 heteroatoms. The van der Waals surface area contributed by atoms with Gasteiger partial charge in [-0.1, -0.05) is 0 Å². The highest BCUT2D eigenvalue weighted by Gasteiger charge is 2.40. The van der Waals surface area contributed by atoms with Crippen LogP contribution in [-0.4, -0.2) is 36.9 Å². The van der Waals surface area contributed by atoms with Crippen LogP contribution in [0.4, 0.5) is 0 Å².